The predicted molar refractivity (Wildman–Crippen MR) is 133 cm³/mol. The van der Waals surface area contributed by atoms with Crippen molar-refractivity contribution in [2.24, 2.45) is 0 Å². The first kappa shape index (κ1) is 28.2. The van der Waals surface area contributed by atoms with Crippen molar-refractivity contribution in [1.29, 1.82) is 0 Å². The van der Waals surface area contributed by atoms with Crippen LogP contribution in [0.1, 0.15) is 22.3 Å². The Kier molecular flexibility index (Phi) is 9.86. The number of methoxy groups -OCH3 is 1. The molecule has 0 aliphatic rings. The van der Waals surface area contributed by atoms with E-state index >= 15 is 0 Å². The van der Waals surface area contributed by atoms with Crippen LogP contribution < -0.4 is 10.6 Å². The number of alkyl halides is 3. The summed E-state index contributed by atoms with van der Waals surface area (Å²) in [6, 6.07) is 19.8. The predicted octanol–water partition coefficient (Wildman–Crippen LogP) is 4.44. The number of halogens is 3. The minimum atomic E-state index is -4.50. The average Bonchev–Trinajstić information content (AvgIpc) is 2.91. The van der Waals surface area contributed by atoms with Crippen molar-refractivity contribution in [3.8, 4) is 0 Å². The van der Waals surface area contributed by atoms with E-state index in [2.05, 4.69) is 10.6 Å². The second kappa shape index (κ2) is 13.3. The van der Waals surface area contributed by atoms with Gasteiger partial charge in [-0.05, 0) is 28.8 Å². The van der Waals surface area contributed by atoms with E-state index in [1.54, 1.807) is 54.6 Å². The van der Waals surface area contributed by atoms with Crippen LogP contribution >= 0.6 is 0 Å². The van der Waals surface area contributed by atoms with Crippen LogP contribution in [0.25, 0.3) is 0 Å². The van der Waals surface area contributed by atoms with Gasteiger partial charge in [0.25, 0.3) is 0 Å². The summed E-state index contributed by atoms with van der Waals surface area (Å²) in [7, 11) is 1.13. The van der Waals surface area contributed by atoms with E-state index in [4.69, 9.17) is 9.47 Å². The molecule has 0 saturated heterocycles. The van der Waals surface area contributed by atoms with Gasteiger partial charge in [-0.25, -0.2) is 9.59 Å². The maximum Gasteiger partial charge on any atom is 0.416 e. The molecule has 2 N–H and O–H groups in total. The second-order valence-electron chi connectivity index (χ2n) is 8.43. The molecule has 0 radical (unpaired) electrons. The molecule has 0 fully saturated rings. The fourth-order valence-corrected chi connectivity index (χ4v) is 3.64. The first-order valence-corrected chi connectivity index (χ1v) is 11.7. The third-order valence-corrected chi connectivity index (χ3v) is 5.63. The highest BCUT2D eigenvalue weighted by molar-refractivity contribution is 5.90. The van der Waals surface area contributed by atoms with Crippen molar-refractivity contribution in [2.45, 2.75) is 37.7 Å². The lowest BCUT2D eigenvalue weighted by Crippen LogP contribution is -2.53. The number of benzene rings is 3. The van der Waals surface area contributed by atoms with E-state index < -0.39 is 41.8 Å². The van der Waals surface area contributed by atoms with Crippen LogP contribution in [-0.4, -0.2) is 37.2 Å². The standard InChI is InChI=1S/C28H27F3N2O5/c1-37-26(35)24(17-20-12-14-22(15-13-20)28(29,30)31)32-25(34)23(16-19-8-4-2-5-9-19)33-27(36)38-18-21-10-6-3-7-11-21/h2-15,23-24H,16-18H2,1H3,(H,32,34)(H,33,36)/t23-,24+/m0/s1. The molecule has 7 nitrogen and oxygen atoms in total. The molecule has 0 aliphatic heterocycles. The molecule has 0 spiro atoms. The van der Waals surface area contributed by atoms with E-state index in [1.807, 2.05) is 6.07 Å². The van der Waals surface area contributed by atoms with Crippen LogP contribution in [0.15, 0.2) is 84.9 Å². The van der Waals surface area contributed by atoms with Gasteiger partial charge in [0, 0.05) is 12.8 Å². The molecule has 38 heavy (non-hydrogen) atoms. The van der Waals surface area contributed by atoms with Crippen LogP contribution in [0.3, 0.4) is 0 Å². The quantitative estimate of drug-likeness (QED) is 0.380. The average molecular weight is 529 g/mol. The van der Waals surface area contributed by atoms with Crippen molar-refractivity contribution in [1.82, 2.24) is 10.6 Å². The highest BCUT2D eigenvalue weighted by Crippen LogP contribution is 2.29. The van der Waals surface area contributed by atoms with Gasteiger partial charge in [-0.1, -0.05) is 72.8 Å². The number of alkyl carbamates (subject to hydrolysis) is 1. The number of hydrogen-bond acceptors (Lipinski definition) is 5. The zero-order valence-electron chi connectivity index (χ0n) is 20.5. The van der Waals surface area contributed by atoms with Gasteiger partial charge in [0.15, 0.2) is 0 Å². The van der Waals surface area contributed by atoms with Gasteiger partial charge in [0.2, 0.25) is 5.91 Å². The fraction of sp³-hybridized carbons (Fsp3) is 0.250. The fourth-order valence-electron chi connectivity index (χ4n) is 3.64. The molecule has 2 atom stereocenters. The summed E-state index contributed by atoms with van der Waals surface area (Å²) >= 11 is 0. The topological polar surface area (TPSA) is 93.7 Å². The minimum Gasteiger partial charge on any atom is -0.467 e. The molecule has 0 unspecified atom stereocenters. The Morgan fingerprint density at radius 1 is 0.737 bits per heavy atom. The molecular formula is C28H27F3N2O5. The Labute approximate surface area is 218 Å². The van der Waals surface area contributed by atoms with Gasteiger partial charge in [-0.15, -0.1) is 0 Å². The first-order chi connectivity index (χ1) is 18.2. The molecule has 0 bridgehead atoms. The summed E-state index contributed by atoms with van der Waals surface area (Å²) in [4.78, 5) is 38.1. The van der Waals surface area contributed by atoms with Crippen molar-refractivity contribution in [2.75, 3.05) is 7.11 Å². The maximum absolute atomic E-state index is 13.2. The van der Waals surface area contributed by atoms with Crippen molar-refractivity contribution >= 4 is 18.0 Å². The molecule has 0 aliphatic carbocycles. The number of rotatable bonds is 10. The molecule has 200 valence electrons. The summed E-state index contributed by atoms with van der Waals surface area (Å²) in [5.41, 5.74) is 1.05. The van der Waals surface area contributed by atoms with Crippen LogP contribution in [0.5, 0.6) is 0 Å². The number of ether oxygens (including phenoxy) is 2. The number of hydrogen-bond donors (Lipinski definition) is 2. The zero-order chi connectivity index (χ0) is 27.5. The van der Waals surface area contributed by atoms with Gasteiger partial charge in [-0.3, -0.25) is 4.79 Å². The van der Waals surface area contributed by atoms with Gasteiger partial charge < -0.3 is 20.1 Å². The summed E-state index contributed by atoms with van der Waals surface area (Å²) in [6.07, 6.45) is -5.35. The summed E-state index contributed by atoms with van der Waals surface area (Å²) in [5, 5.41) is 5.09. The minimum absolute atomic E-state index is 0.00887. The summed E-state index contributed by atoms with van der Waals surface area (Å²) in [5.74, 6) is -1.48. The van der Waals surface area contributed by atoms with Crippen LogP contribution in [-0.2, 0) is 44.7 Å². The van der Waals surface area contributed by atoms with Crippen molar-refractivity contribution in [3.05, 3.63) is 107 Å². The van der Waals surface area contributed by atoms with Crippen LogP contribution in [0, 0.1) is 0 Å². The third-order valence-electron chi connectivity index (χ3n) is 5.63. The van der Waals surface area contributed by atoms with E-state index in [-0.39, 0.29) is 19.4 Å². The smallest absolute Gasteiger partial charge is 0.416 e. The molecule has 3 aromatic rings. The van der Waals surface area contributed by atoms with Gasteiger partial charge >= 0.3 is 18.2 Å². The monoisotopic (exact) mass is 528 g/mol. The SMILES string of the molecule is COC(=O)[C@@H](Cc1ccc(C(F)(F)F)cc1)NC(=O)[C@H](Cc1ccccc1)NC(=O)OCc1ccccc1. The molecule has 3 aromatic carbocycles. The number of carbonyl (C=O) groups excluding carboxylic acids is 3. The number of nitrogens with one attached hydrogen (secondary N) is 2. The lowest BCUT2D eigenvalue weighted by Gasteiger charge is -2.22. The molecule has 0 aromatic heterocycles. The molecule has 2 amide bonds. The Hall–Kier alpha value is -4.34. The zero-order valence-corrected chi connectivity index (χ0v) is 20.5. The van der Waals surface area contributed by atoms with E-state index in [9.17, 15) is 27.6 Å². The van der Waals surface area contributed by atoms with Gasteiger partial charge in [0.05, 0.1) is 12.7 Å². The Bertz CT molecular complexity index is 1200. The van der Waals surface area contributed by atoms with Crippen molar-refractivity contribution in [3.63, 3.8) is 0 Å². The summed E-state index contributed by atoms with van der Waals surface area (Å²) < 4.78 is 48.7. The van der Waals surface area contributed by atoms with Crippen LogP contribution in [0.2, 0.25) is 0 Å². The largest absolute Gasteiger partial charge is 0.467 e. The molecule has 10 heteroatoms. The lowest BCUT2D eigenvalue weighted by molar-refractivity contribution is -0.145. The Morgan fingerprint density at radius 2 is 1.26 bits per heavy atom. The maximum atomic E-state index is 13.2. The molecule has 0 saturated carbocycles. The number of amides is 2. The highest BCUT2D eigenvalue weighted by atomic mass is 19.4. The lowest BCUT2D eigenvalue weighted by atomic mass is 10.0. The second-order valence-corrected chi connectivity index (χ2v) is 8.43. The molecule has 3 rings (SSSR count). The van der Waals surface area contributed by atoms with Crippen LogP contribution in [0.4, 0.5) is 18.0 Å². The Morgan fingerprint density at radius 3 is 1.82 bits per heavy atom. The van der Waals surface area contributed by atoms with E-state index in [0.29, 0.717) is 5.56 Å². The molecular weight excluding hydrogens is 501 g/mol. The Balaban J connectivity index is 1.72. The number of esters is 1. The highest BCUT2D eigenvalue weighted by Gasteiger charge is 2.31. The molecule has 0 heterocycles. The summed E-state index contributed by atoms with van der Waals surface area (Å²) in [6.45, 7) is -0.00887. The number of carbonyl (C=O) groups is 3. The first-order valence-electron chi connectivity index (χ1n) is 11.7. The van der Waals surface area contributed by atoms with E-state index in [1.165, 1.54) is 12.1 Å². The van der Waals surface area contributed by atoms with Gasteiger partial charge in [-0.2, -0.15) is 13.2 Å². The van der Waals surface area contributed by atoms with Crippen molar-refractivity contribution < 1.29 is 37.0 Å². The van der Waals surface area contributed by atoms with Gasteiger partial charge in [0.1, 0.15) is 18.7 Å². The normalized spacial score (nSPS) is 12.6. The third kappa shape index (κ3) is 8.65. The van der Waals surface area contributed by atoms with E-state index in [0.717, 1.165) is 30.4 Å².